The molecular weight excluding hydrogens is 328 g/mol. The molecule has 1 aliphatic heterocycles. The Kier molecular flexibility index (Phi) is 4.55. The third-order valence-corrected chi connectivity index (χ3v) is 5.04. The Morgan fingerprint density at radius 1 is 1.23 bits per heavy atom. The summed E-state index contributed by atoms with van der Waals surface area (Å²) in [6.07, 6.45) is 5.81. The molecular formula is C19H24N6O. The lowest BCUT2D eigenvalue weighted by Gasteiger charge is -2.14. The first kappa shape index (κ1) is 16.9. The van der Waals surface area contributed by atoms with Crippen LogP contribution in [0.15, 0.2) is 29.2 Å². The largest absolute Gasteiger partial charge is 0.361 e. The second-order valence-corrected chi connectivity index (χ2v) is 7.17. The van der Waals surface area contributed by atoms with Crippen molar-refractivity contribution < 1.29 is 4.52 Å². The van der Waals surface area contributed by atoms with Crippen molar-refractivity contribution in [2.45, 2.75) is 33.2 Å². The fourth-order valence-corrected chi connectivity index (χ4v) is 3.79. The van der Waals surface area contributed by atoms with Gasteiger partial charge in [0, 0.05) is 32.0 Å². The maximum atomic E-state index is 5.27. The van der Waals surface area contributed by atoms with E-state index in [2.05, 4.69) is 37.3 Å². The highest BCUT2D eigenvalue weighted by Gasteiger charge is 2.24. The minimum Gasteiger partial charge on any atom is -0.361 e. The molecule has 3 aromatic heterocycles. The van der Waals surface area contributed by atoms with E-state index in [-0.39, 0.29) is 0 Å². The van der Waals surface area contributed by atoms with Gasteiger partial charge in [0.25, 0.3) is 0 Å². The molecule has 3 aromatic rings. The van der Waals surface area contributed by atoms with Gasteiger partial charge in [-0.15, -0.1) is 0 Å². The summed E-state index contributed by atoms with van der Waals surface area (Å²) in [6.45, 7) is 6.99. The van der Waals surface area contributed by atoms with Gasteiger partial charge in [-0.1, -0.05) is 5.16 Å². The second kappa shape index (κ2) is 6.99. The van der Waals surface area contributed by atoms with Gasteiger partial charge >= 0.3 is 0 Å². The predicted molar refractivity (Wildman–Crippen MR) is 97.3 cm³/mol. The number of likely N-dealkylation sites (tertiary alicyclic amines) is 1. The van der Waals surface area contributed by atoms with Crippen LogP contribution in [0.2, 0.25) is 0 Å². The third kappa shape index (κ3) is 3.53. The molecule has 0 aliphatic carbocycles. The van der Waals surface area contributed by atoms with Crippen molar-refractivity contribution in [3.8, 4) is 11.3 Å². The van der Waals surface area contributed by atoms with Crippen LogP contribution in [0, 0.1) is 19.8 Å². The van der Waals surface area contributed by atoms with Crippen LogP contribution in [0.25, 0.3) is 11.3 Å². The molecule has 1 fully saturated rings. The Morgan fingerprint density at radius 3 is 2.85 bits per heavy atom. The van der Waals surface area contributed by atoms with E-state index in [1.807, 2.05) is 31.8 Å². The molecule has 26 heavy (non-hydrogen) atoms. The molecule has 7 nitrogen and oxygen atoms in total. The van der Waals surface area contributed by atoms with Crippen molar-refractivity contribution in [1.82, 2.24) is 29.8 Å². The summed E-state index contributed by atoms with van der Waals surface area (Å²) in [5.41, 5.74) is 4.97. The van der Waals surface area contributed by atoms with E-state index in [1.54, 1.807) is 6.33 Å². The Bertz CT molecular complexity index is 880. The Balaban J connectivity index is 1.41. The molecule has 0 bridgehead atoms. The van der Waals surface area contributed by atoms with E-state index < -0.39 is 0 Å². The fraction of sp³-hybridized carbons (Fsp3) is 0.474. The third-order valence-electron chi connectivity index (χ3n) is 5.04. The van der Waals surface area contributed by atoms with Crippen LogP contribution in [-0.2, 0) is 20.0 Å². The van der Waals surface area contributed by atoms with Crippen LogP contribution in [0.1, 0.15) is 29.3 Å². The summed E-state index contributed by atoms with van der Waals surface area (Å²) in [5.74, 6) is 1.42. The Morgan fingerprint density at radius 2 is 2.12 bits per heavy atom. The van der Waals surface area contributed by atoms with E-state index in [9.17, 15) is 0 Å². The van der Waals surface area contributed by atoms with E-state index in [1.165, 1.54) is 6.42 Å². The van der Waals surface area contributed by atoms with Gasteiger partial charge in [-0.2, -0.15) is 5.10 Å². The van der Waals surface area contributed by atoms with Gasteiger partial charge < -0.3 is 4.52 Å². The molecule has 1 atom stereocenters. The zero-order chi connectivity index (χ0) is 18.1. The molecule has 4 heterocycles. The van der Waals surface area contributed by atoms with Gasteiger partial charge in [0.15, 0.2) is 0 Å². The fourth-order valence-electron chi connectivity index (χ4n) is 3.79. The molecule has 136 valence electrons. The lowest BCUT2D eigenvalue weighted by Crippen LogP contribution is -2.21. The number of aryl methyl sites for hydroxylation is 3. The van der Waals surface area contributed by atoms with E-state index in [0.717, 1.165) is 60.2 Å². The first-order chi connectivity index (χ1) is 12.6. The topological polar surface area (TPSA) is 72.9 Å². The molecule has 1 aliphatic rings. The molecule has 0 spiro atoms. The van der Waals surface area contributed by atoms with Gasteiger partial charge in [0.2, 0.25) is 0 Å². The molecule has 1 saturated heterocycles. The molecule has 0 aromatic carbocycles. The predicted octanol–water partition coefficient (Wildman–Crippen LogP) is 2.55. The molecule has 0 saturated carbocycles. The molecule has 1 unspecified atom stereocenters. The van der Waals surface area contributed by atoms with Crippen LogP contribution < -0.4 is 0 Å². The second-order valence-electron chi connectivity index (χ2n) is 7.17. The maximum absolute atomic E-state index is 5.27. The summed E-state index contributed by atoms with van der Waals surface area (Å²) in [6, 6.07) is 4.17. The van der Waals surface area contributed by atoms with Crippen molar-refractivity contribution in [2.24, 2.45) is 13.0 Å². The smallest absolute Gasteiger partial charge is 0.143 e. The van der Waals surface area contributed by atoms with Gasteiger partial charge in [0.05, 0.1) is 22.6 Å². The van der Waals surface area contributed by atoms with E-state index in [4.69, 9.17) is 4.52 Å². The summed E-state index contributed by atoms with van der Waals surface area (Å²) < 4.78 is 7.13. The van der Waals surface area contributed by atoms with E-state index in [0.29, 0.717) is 5.92 Å². The number of nitrogens with zero attached hydrogens (tertiary/aromatic N) is 6. The van der Waals surface area contributed by atoms with Gasteiger partial charge in [-0.25, -0.2) is 9.97 Å². The number of rotatable bonds is 5. The monoisotopic (exact) mass is 352 g/mol. The van der Waals surface area contributed by atoms with Crippen molar-refractivity contribution in [3.05, 3.63) is 47.5 Å². The average molecular weight is 352 g/mol. The van der Waals surface area contributed by atoms with Gasteiger partial charge in [0.1, 0.15) is 12.1 Å². The number of hydrogen-bond donors (Lipinski definition) is 0. The summed E-state index contributed by atoms with van der Waals surface area (Å²) in [5, 5.41) is 8.51. The summed E-state index contributed by atoms with van der Waals surface area (Å²) >= 11 is 0. The minimum atomic E-state index is 0.617. The van der Waals surface area contributed by atoms with Crippen molar-refractivity contribution >= 4 is 0 Å². The SMILES string of the molecule is Cc1noc(C)c1-c1cc(CC2CCN(Cc3ccn(C)n3)C2)ncn1. The minimum absolute atomic E-state index is 0.617. The normalized spacial score (nSPS) is 17.9. The number of hydrogen-bond acceptors (Lipinski definition) is 6. The molecule has 0 amide bonds. The first-order valence-corrected chi connectivity index (χ1v) is 9.03. The van der Waals surface area contributed by atoms with Crippen molar-refractivity contribution in [3.63, 3.8) is 0 Å². The van der Waals surface area contributed by atoms with E-state index >= 15 is 0 Å². The van der Waals surface area contributed by atoms with Crippen LogP contribution in [0.4, 0.5) is 0 Å². The van der Waals surface area contributed by atoms with Crippen LogP contribution >= 0.6 is 0 Å². The number of aromatic nitrogens is 5. The molecule has 0 N–H and O–H groups in total. The Labute approximate surface area is 153 Å². The average Bonchev–Trinajstić information content (AvgIpc) is 3.30. The van der Waals surface area contributed by atoms with Crippen LogP contribution in [-0.4, -0.2) is 42.9 Å². The van der Waals surface area contributed by atoms with Crippen molar-refractivity contribution in [2.75, 3.05) is 13.1 Å². The quantitative estimate of drug-likeness (QED) is 0.703. The first-order valence-electron chi connectivity index (χ1n) is 9.03. The lowest BCUT2D eigenvalue weighted by atomic mass is 10.0. The molecule has 7 heteroatoms. The van der Waals surface area contributed by atoms with Crippen LogP contribution in [0.3, 0.4) is 0 Å². The highest BCUT2D eigenvalue weighted by atomic mass is 16.5. The maximum Gasteiger partial charge on any atom is 0.143 e. The summed E-state index contributed by atoms with van der Waals surface area (Å²) in [7, 11) is 1.96. The lowest BCUT2D eigenvalue weighted by molar-refractivity contribution is 0.311. The van der Waals surface area contributed by atoms with Crippen LogP contribution in [0.5, 0.6) is 0 Å². The zero-order valence-corrected chi connectivity index (χ0v) is 15.5. The zero-order valence-electron chi connectivity index (χ0n) is 15.5. The van der Waals surface area contributed by atoms with Crippen molar-refractivity contribution in [1.29, 1.82) is 0 Å². The highest BCUT2D eigenvalue weighted by Crippen LogP contribution is 2.27. The highest BCUT2D eigenvalue weighted by molar-refractivity contribution is 5.63. The Hall–Kier alpha value is -2.54. The molecule has 4 rings (SSSR count). The molecule has 0 radical (unpaired) electrons. The summed E-state index contributed by atoms with van der Waals surface area (Å²) in [4.78, 5) is 11.4. The van der Waals surface area contributed by atoms with Gasteiger partial charge in [-0.05, 0) is 51.3 Å². The van der Waals surface area contributed by atoms with Gasteiger partial charge in [-0.3, -0.25) is 9.58 Å². The standard InChI is InChI=1S/C19H24N6O/c1-13-19(14(2)26-23-13)18-9-17(20-12-21-18)8-15-4-7-25(10-15)11-16-5-6-24(3)22-16/h5-6,9,12,15H,4,7-8,10-11H2,1-3H3.